The smallest absolute Gasteiger partial charge is 0.158 e. The third kappa shape index (κ3) is 3.16. The summed E-state index contributed by atoms with van der Waals surface area (Å²) in [7, 11) is 0. The number of fused-ring (bicyclic) bond motifs is 2. The first-order valence-electron chi connectivity index (χ1n) is 10.4. The Bertz CT molecular complexity index is 1000. The van der Waals surface area contributed by atoms with Gasteiger partial charge in [-0.3, -0.25) is 0 Å². The van der Waals surface area contributed by atoms with Crippen LogP contribution in [0.5, 0.6) is 0 Å². The molecule has 6 heteroatoms. The zero-order chi connectivity index (χ0) is 19.1. The number of benzene rings is 1. The molecule has 0 atom stereocenters. The molecule has 2 aliphatic rings. The standard InChI is InChI=1S/C22H26ClN5/c1-2-26-10-12-27(13-11-26)22-18-8-3-4-9-19(18)24-21-15-20(25-28(21)22)16-6-5-7-17(23)14-16/h5-7,14-15H,2-4,8-13H2,1H3. The van der Waals surface area contributed by atoms with Gasteiger partial charge < -0.3 is 9.80 Å². The fraction of sp³-hybridized carbons (Fsp3) is 0.455. The Labute approximate surface area is 170 Å². The second-order valence-corrected chi connectivity index (χ2v) is 8.24. The number of likely N-dealkylation sites (N-methyl/N-ethyl adjacent to an activating group) is 1. The molecule has 0 radical (unpaired) electrons. The van der Waals surface area contributed by atoms with Crippen molar-refractivity contribution in [3.63, 3.8) is 0 Å². The highest BCUT2D eigenvalue weighted by molar-refractivity contribution is 6.30. The quantitative estimate of drug-likeness (QED) is 0.669. The molecular weight excluding hydrogens is 370 g/mol. The number of aryl methyl sites for hydroxylation is 1. The zero-order valence-corrected chi connectivity index (χ0v) is 17.1. The van der Waals surface area contributed by atoms with Crippen LogP contribution < -0.4 is 4.90 Å². The molecule has 1 aliphatic heterocycles. The fourth-order valence-electron chi connectivity index (χ4n) is 4.52. The number of rotatable bonds is 3. The van der Waals surface area contributed by atoms with Crippen LogP contribution in [-0.4, -0.2) is 52.2 Å². The highest BCUT2D eigenvalue weighted by Crippen LogP contribution is 2.33. The molecule has 1 aromatic carbocycles. The van der Waals surface area contributed by atoms with Crippen LogP contribution in [0.4, 0.5) is 5.82 Å². The Morgan fingerprint density at radius 1 is 1.04 bits per heavy atom. The van der Waals surface area contributed by atoms with Crippen molar-refractivity contribution in [2.24, 2.45) is 0 Å². The van der Waals surface area contributed by atoms with E-state index in [1.54, 1.807) is 0 Å². The molecule has 2 aromatic heterocycles. The summed E-state index contributed by atoms with van der Waals surface area (Å²) >= 11 is 6.21. The van der Waals surface area contributed by atoms with Crippen LogP contribution in [-0.2, 0) is 12.8 Å². The normalized spacial score (nSPS) is 17.9. The van der Waals surface area contributed by atoms with Gasteiger partial charge in [0.2, 0.25) is 0 Å². The Kier molecular flexibility index (Phi) is 4.73. The van der Waals surface area contributed by atoms with E-state index < -0.39 is 0 Å². The predicted octanol–water partition coefficient (Wildman–Crippen LogP) is 4.07. The molecule has 5 nitrogen and oxygen atoms in total. The molecular formula is C22H26ClN5. The van der Waals surface area contributed by atoms with E-state index in [2.05, 4.69) is 33.4 Å². The van der Waals surface area contributed by atoms with E-state index in [1.807, 2.05) is 18.2 Å². The monoisotopic (exact) mass is 395 g/mol. The molecule has 0 amide bonds. The molecule has 0 unspecified atom stereocenters. The Hall–Kier alpha value is -2.11. The first-order valence-corrected chi connectivity index (χ1v) is 10.8. The maximum absolute atomic E-state index is 6.21. The van der Waals surface area contributed by atoms with Crippen molar-refractivity contribution in [2.45, 2.75) is 32.6 Å². The van der Waals surface area contributed by atoms with Gasteiger partial charge in [-0.2, -0.15) is 9.61 Å². The summed E-state index contributed by atoms with van der Waals surface area (Å²) in [6.07, 6.45) is 4.65. The van der Waals surface area contributed by atoms with Crippen LogP contribution in [0.25, 0.3) is 16.9 Å². The van der Waals surface area contributed by atoms with Crippen molar-refractivity contribution < 1.29 is 0 Å². The summed E-state index contributed by atoms with van der Waals surface area (Å²) in [5.41, 5.74) is 5.60. The van der Waals surface area contributed by atoms with E-state index in [9.17, 15) is 0 Å². The molecule has 3 aromatic rings. The lowest BCUT2D eigenvalue weighted by molar-refractivity contribution is 0.270. The third-order valence-electron chi connectivity index (χ3n) is 6.09. The summed E-state index contributed by atoms with van der Waals surface area (Å²) in [5, 5.41) is 5.72. The van der Waals surface area contributed by atoms with Crippen LogP contribution >= 0.6 is 11.6 Å². The van der Waals surface area contributed by atoms with Crippen molar-refractivity contribution >= 4 is 23.1 Å². The van der Waals surface area contributed by atoms with E-state index >= 15 is 0 Å². The lowest BCUT2D eigenvalue weighted by Crippen LogP contribution is -2.47. The van der Waals surface area contributed by atoms with Crippen LogP contribution in [0.3, 0.4) is 0 Å². The molecule has 1 aliphatic carbocycles. The van der Waals surface area contributed by atoms with Crippen molar-refractivity contribution in [1.82, 2.24) is 19.5 Å². The van der Waals surface area contributed by atoms with Gasteiger partial charge >= 0.3 is 0 Å². The highest BCUT2D eigenvalue weighted by Gasteiger charge is 2.26. The average Bonchev–Trinajstić information content (AvgIpc) is 3.16. The average molecular weight is 396 g/mol. The topological polar surface area (TPSA) is 36.7 Å². The second-order valence-electron chi connectivity index (χ2n) is 7.80. The first-order chi connectivity index (χ1) is 13.7. The van der Waals surface area contributed by atoms with Gasteiger partial charge in [0.05, 0.1) is 5.69 Å². The fourth-order valence-corrected chi connectivity index (χ4v) is 4.71. The minimum Gasteiger partial charge on any atom is -0.354 e. The van der Waals surface area contributed by atoms with Crippen LogP contribution in [0.1, 0.15) is 31.0 Å². The SMILES string of the molecule is CCN1CCN(c2c3c(nc4cc(-c5cccc(Cl)c5)nn24)CCCC3)CC1. The van der Waals surface area contributed by atoms with Gasteiger partial charge in [0, 0.05) is 54.1 Å². The van der Waals surface area contributed by atoms with E-state index in [-0.39, 0.29) is 0 Å². The summed E-state index contributed by atoms with van der Waals surface area (Å²) in [4.78, 5) is 10.0. The molecule has 0 bridgehead atoms. The number of hydrogen-bond donors (Lipinski definition) is 0. The number of piperazine rings is 1. The predicted molar refractivity (Wildman–Crippen MR) is 114 cm³/mol. The molecule has 1 fully saturated rings. The molecule has 0 saturated carbocycles. The maximum Gasteiger partial charge on any atom is 0.158 e. The van der Waals surface area contributed by atoms with Gasteiger partial charge in [0.1, 0.15) is 5.82 Å². The minimum absolute atomic E-state index is 0.734. The van der Waals surface area contributed by atoms with E-state index in [4.69, 9.17) is 21.7 Å². The molecule has 1 saturated heterocycles. The summed E-state index contributed by atoms with van der Waals surface area (Å²) in [5.74, 6) is 1.27. The second kappa shape index (κ2) is 7.37. The van der Waals surface area contributed by atoms with E-state index in [1.165, 1.54) is 29.9 Å². The minimum atomic E-state index is 0.734. The lowest BCUT2D eigenvalue weighted by atomic mass is 9.96. The number of aromatic nitrogens is 3. The Balaban J connectivity index is 1.64. The molecule has 0 N–H and O–H groups in total. The molecule has 3 heterocycles. The molecule has 5 rings (SSSR count). The third-order valence-corrected chi connectivity index (χ3v) is 6.32. The van der Waals surface area contributed by atoms with E-state index in [0.29, 0.717) is 0 Å². The van der Waals surface area contributed by atoms with Gasteiger partial charge in [-0.25, -0.2) is 4.98 Å². The number of anilines is 1. The summed E-state index contributed by atoms with van der Waals surface area (Å²) in [6, 6.07) is 10.0. The van der Waals surface area contributed by atoms with Gasteiger partial charge in [-0.15, -0.1) is 0 Å². The highest BCUT2D eigenvalue weighted by atomic mass is 35.5. The van der Waals surface area contributed by atoms with Crippen LogP contribution in [0, 0.1) is 0 Å². The first kappa shape index (κ1) is 18.0. The molecule has 28 heavy (non-hydrogen) atoms. The number of halogens is 1. The molecule has 0 spiro atoms. The van der Waals surface area contributed by atoms with Gasteiger partial charge in [-0.05, 0) is 44.4 Å². The number of hydrogen-bond acceptors (Lipinski definition) is 4. The van der Waals surface area contributed by atoms with Crippen molar-refractivity contribution in [3.8, 4) is 11.3 Å². The van der Waals surface area contributed by atoms with Crippen molar-refractivity contribution in [3.05, 3.63) is 46.6 Å². The Morgan fingerprint density at radius 2 is 1.86 bits per heavy atom. The summed E-state index contributed by atoms with van der Waals surface area (Å²) < 4.78 is 2.09. The maximum atomic E-state index is 6.21. The van der Waals surface area contributed by atoms with Gasteiger partial charge in [-0.1, -0.05) is 30.7 Å². The number of nitrogens with zero attached hydrogens (tertiary/aromatic N) is 5. The van der Waals surface area contributed by atoms with E-state index in [0.717, 1.165) is 67.5 Å². The zero-order valence-electron chi connectivity index (χ0n) is 16.4. The lowest BCUT2D eigenvalue weighted by Gasteiger charge is -2.37. The van der Waals surface area contributed by atoms with Crippen molar-refractivity contribution in [1.29, 1.82) is 0 Å². The van der Waals surface area contributed by atoms with Crippen LogP contribution in [0.15, 0.2) is 30.3 Å². The summed E-state index contributed by atoms with van der Waals surface area (Å²) in [6.45, 7) is 7.68. The van der Waals surface area contributed by atoms with Crippen LogP contribution in [0.2, 0.25) is 5.02 Å². The Morgan fingerprint density at radius 3 is 2.64 bits per heavy atom. The van der Waals surface area contributed by atoms with Gasteiger partial charge in [0.25, 0.3) is 0 Å². The van der Waals surface area contributed by atoms with Crippen molar-refractivity contribution in [2.75, 3.05) is 37.6 Å². The van der Waals surface area contributed by atoms with Gasteiger partial charge in [0.15, 0.2) is 5.65 Å². The molecule has 146 valence electrons. The largest absolute Gasteiger partial charge is 0.354 e.